The average Bonchev–Trinajstić information content (AvgIpc) is 3.18. The molecule has 0 aromatic carbocycles. The molecule has 3 rings (SSSR count). The molecule has 112 valence electrons. The number of nitrogen functional groups attached to an aromatic ring is 1. The first-order valence-electron chi connectivity index (χ1n) is 6.80. The molecule has 2 aromatic rings. The third kappa shape index (κ3) is 3.08. The lowest BCUT2D eigenvalue weighted by Gasteiger charge is -2.19. The Balaban J connectivity index is 1.86. The van der Waals surface area contributed by atoms with Gasteiger partial charge in [-0.15, -0.1) is 0 Å². The van der Waals surface area contributed by atoms with Gasteiger partial charge >= 0.3 is 0 Å². The van der Waals surface area contributed by atoms with Crippen molar-refractivity contribution in [3.63, 3.8) is 0 Å². The van der Waals surface area contributed by atoms with Crippen LogP contribution in [0.25, 0.3) is 5.95 Å². The van der Waals surface area contributed by atoms with E-state index in [4.69, 9.17) is 5.84 Å². The third-order valence-electron chi connectivity index (χ3n) is 3.56. The Morgan fingerprint density at radius 2 is 2.14 bits per heavy atom. The van der Waals surface area contributed by atoms with Crippen molar-refractivity contribution >= 4 is 23.7 Å². The second-order valence-corrected chi connectivity index (χ2v) is 5.93. The summed E-state index contributed by atoms with van der Waals surface area (Å²) in [6, 6.07) is 0.378. The molecule has 9 heteroatoms. The van der Waals surface area contributed by atoms with Crippen LogP contribution in [0.4, 0.5) is 11.9 Å². The van der Waals surface area contributed by atoms with Crippen molar-refractivity contribution in [1.29, 1.82) is 0 Å². The molecular formula is C12H18N8S. The van der Waals surface area contributed by atoms with Gasteiger partial charge in [-0.3, -0.25) is 9.99 Å². The van der Waals surface area contributed by atoms with Crippen LogP contribution in [0.2, 0.25) is 0 Å². The molecule has 0 spiro atoms. The van der Waals surface area contributed by atoms with E-state index < -0.39 is 0 Å². The summed E-state index contributed by atoms with van der Waals surface area (Å²) in [6.07, 6.45) is 10.8. The molecule has 0 radical (unpaired) electrons. The van der Waals surface area contributed by atoms with Crippen molar-refractivity contribution < 1.29 is 0 Å². The molecular weight excluding hydrogens is 288 g/mol. The molecule has 4 N–H and O–H groups in total. The first-order valence-corrected chi connectivity index (χ1v) is 8.09. The molecule has 1 aliphatic rings. The molecule has 1 fully saturated rings. The molecule has 8 nitrogen and oxygen atoms in total. The van der Waals surface area contributed by atoms with Gasteiger partial charge in [-0.05, 0) is 19.1 Å². The maximum Gasteiger partial charge on any atom is 0.243 e. The molecule has 0 bridgehead atoms. The van der Waals surface area contributed by atoms with Gasteiger partial charge in [0.05, 0.1) is 0 Å². The van der Waals surface area contributed by atoms with Crippen molar-refractivity contribution in [3.8, 4) is 5.95 Å². The summed E-state index contributed by atoms with van der Waals surface area (Å²) in [5, 5.41) is 4.00. The summed E-state index contributed by atoms with van der Waals surface area (Å²) in [5.74, 6) is 6.79. The fourth-order valence-corrected chi connectivity index (χ4v) is 3.46. The maximum absolute atomic E-state index is 5.44. The third-order valence-corrected chi connectivity index (χ3v) is 4.73. The molecule has 0 aliphatic heterocycles. The van der Waals surface area contributed by atoms with E-state index in [9.17, 15) is 0 Å². The lowest BCUT2D eigenvalue weighted by Crippen LogP contribution is -2.27. The van der Waals surface area contributed by atoms with Crippen LogP contribution in [0, 0.1) is 0 Å². The summed E-state index contributed by atoms with van der Waals surface area (Å²) >= 11 is 1.88. The van der Waals surface area contributed by atoms with Gasteiger partial charge in [0.1, 0.15) is 6.33 Å². The number of nitrogens with two attached hydrogens (primary N) is 1. The summed E-state index contributed by atoms with van der Waals surface area (Å²) in [4.78, 5) is 16.9. The van der Waals surface area contributed by atoms with E-state index in [2.05, 4.69) is 36.9 Å². The van der Waals surface area contributed by atoms with E-state index in [0.717, 1.165) is 6.42 Å². The lowest BCUT2D eigenvalue weighted by atomic mass is 10.2. The Hall–Kier alpha value is -1.87. The predicted octanol–water partition coefficient (Wildman–Crippen LogP) is 1.04. The van der Waals surface area contributed by atoms with E-state index in [-0.39, 0.29) is 0 Å². The number of hydrazine groups is 1. The largest absolute Gasteiger partial charge is 0.350 e. The van der Waals surface area contributed by atoms with Gasteiger partial charge in [0.2, 0.25) is 17.8 Å². The molecule has 2 aromatic heterocycles. The molecule has 2 atom stereocenters. The number of hydrogen-bond acceptors (Lipinski definition) is 8. The van der Waals surface area contributed by atoms with Gasteiger partial charge < -0.3 is 5.32 Å². The predicted molar refractivity (Wildman–Crippen MR) is 83.3 cm³/mol. The van der Waals surface area contributed by atoms with Crippen molar-refractivity contribution in [3.05, 3.63) is 18.7 Å². The molecule has 2 heterocycles. The summed E-state index contributed by atoms with van der Waals surface area (Å²) in [7, 11) is 0. The molecule has 0 amide bonds. The van der Waals surface area contributed by atoms with Gasteiger partial charge in [-0.2, -0.15) is 26.7 Å². The first-order chi connectivity index (χ1) is 10.3. The number of thioether (sulfide) groups is 1. The number of imidazole rings is 1. The van der Waals surface area contributed by atoms with E-state index in [1.54, 1.807) is 23.3 Å². The van der Waals surface area contributed by atoms with Gasteiger partial charge in [-0.1, -0.05) is 6.42 Å². The van der Waals surface area contributed by atoms with Crippen molar-refractivity contribution in [2.45, 2.75) is 30.6 Å². The highest BCUT2D eigenvalue weighted by Gasteiger charge is 2.27. The second kappa shape index (κ2) is 6.27. The van der Waals surface area contributed by atoms with Crippen LogP contribution >= 0.6 is 11.8 Å². The highest BCUT2D eigenvalue weighted by Crippen LogP contribution is 2.30. The second-order valence-electron chi connectivity index (χ2n) is 4.85. The van der Waals surface area contributed by atoms with Gasteiger partial charge in [0, 0.05) is 23.7 Å². The van der Waals surface area contributed by atoms with Crippen molar-refractivity contribution in [1.82, 2.24) is 24.5 Å². The quantitative estimate of drug-likeness (QED) is 0.555. The van der Waals surface area contributed by atoms with Crippen molar-refractivity contribution in [2.75, 3.05) is 17.0 Å². The number of nitrogens with zero attached hydrogens (tertiary/aromatic N) is 5. The van der Waals surface area contributed by atoms with E-state index in [1.807, 2.05) is 11.8 Å². The number of anilines is 2. The van der Waals surface area contributed by atoms with E-state index in [0.29, 0.717) is 29.1 Å². The Morgan fingerprint density at radius 1 is 1.29 bits per heavy atom. The van der Waals surface area contributed by atoms with E-state index in [1.165, 1.54) is 12.8 Å². The van der Waals surface area contributed by atoms with Crippen LogP contribution < -0.4 is 16.6 Å². The van der Waals surface area contributed by atoms with Crippen molar-refractivity contribution in [2.24, 2.45) is 5.84 Å². The van der Waals surface area contributed by atoms with Crippen LogP contribution in [-0.4, -0.2) is 42.1 Å². The summed E-state index contributed by atoms with van der Waals surface area (Å²) < 4.78 is 1.72. The number of nitrogens with one attached hydrogen (secondary N) is 2. The monoisotopic (exact) mass is 306 g/mol. The molecule has 1 saturated carbocycles. The Labute approximate surface area is 127 Å². The number of aromatic nitrogens is 5. The van der Waals surface area contributed by atoms with Crippen LogP contribution in [0.5, 0.6) is 0 Å². The van der Waals surface area contributed by atoms with Gasteiger partial charge in [0.15, 0.2) is 0 Å². The fraction of sp³-hybridized carbons (Fsp3) is 0.500. The Kier molecular flexibility index (Phi) is 4.20. The zero-order valence-electron chi connectivity index (χ0n) is 11.7. The summed E-state index contributed by atoms with van der Waals surface area (Å²) in [5.41, 5.74) is 2.48. The minimum absolute atomic E-state index is 0.329. The van der Waals surface area contributed by atoms with Crippen LogP contribution in [0.3, 0.4) is 0 Å². The number of rotatable bonds is 5. The maximum atomic E-state index is 5.44. The molecule has 21 heavy (non-hydrogen) atoms. The zero-order chi connectivity index (χ0) is 14.7. The smallest absolute Gasteiger partial charge is 0.243 e. The summed E-state index contributed by atoms with van der Waals surface area (Å²) in [6.45, 7) is 0. The standard InChI is InChI=1S/C12H18N8S/c1-21-9-4-2-3-8(9)15-10-16-11(19-13)18-12(17-10)20-6-5-14-7-20/h5-9H,2-4,13H2,1H3,(H2,15,16,17,18,19). The molecule has 0 saturated heterocycles. The lowest BCUT2D eigenvalue weighted by molar-refractivity contribution is 0.751. The molecule has 1 aliphatic carbocycles. The average molecular weight is 306 g/mol. The zero-order valence-corrected chi connectivity index (χ0v) is 12.5. The highest BCUT2D eigenvalue weighted by molar-refractivity contribution is 7.99. The molecule has 2 unspecified atom stereocenters. The SMILES string of the molecule is CSC1CCCC1Nc1nc(NN)nc(-n2ccnc2)n1. The Morgan fingerprint density at radius 3 is 2.86 bits per heavy atom. The van der Waals surface area contributed by atoms with Gasteiger partial charge in [0.25, 0.3) is 0 Å². The fourth-order valence-electron chi connectivity index (χ4n) is 2.53. The minimum atomic E-state index is 0.329. The Bertz CT molecular complexity index is 587. The normalized spacial score (nSPS) is 21.4. The van der Waals surface area contributed by atoms with Crippen LogP contribution in [-0.2, 0) is 0 Å². The first kappa shape index (κ1) is 14.1. The van der Waals surface area contributed by atoms with Crippen LogP contribution in [0.1, 0.15) is 19.3 Å². The van der Waals surface area contributed by atoms with E-state index >= 15 is 0 Å². The topological polar surface area (TPSA) is 107 Å². The minimum Gasteiger partial charge on any atom is -0.350 e. The highest BCUT2D eigenvalue weighted by atomic mass is 32.2. The number of hydrogen-bond donors (Lipinski definition) is 3. The van der Waals surface area contributed by atoms with Crippen LogP contribution in [0.15, 0.2) is 18.7 Å². The van der Waals surface area contributed by atoms with Gasteiger partial charge in [-0.25, -0.2) is 10.8 Å².